The van der Waals surface area contributed by atoms with E-state index in [1.807, 2.05) is 50.2 Å². The maximum atomic E-state index is 12.8. The molecule has 0 saturated carbocycles. The molecule has 9 nitrogen and oxygen atoms in total. The molecule has 0 fully saturated rings. The van der Waals surface area contributed by atoms with E-state index in [0.29, 0.717) is 5.78 Å². The van der Waals surface area contributed by atoms with Crippen LogP contribution in [0.2, 0.25) is 0 Å². The first-order valence-corrected chi connectivity index (χ1v) is 9.71. The number of hydrogen-bond donors (Lipinski definition) is 2. The Balaban J connectivity index is 1.80. The van der Waals surface area contributed by atoms with E-state index in [9.17, 15) is 9.59 Å². The van der Waals surface area contributed by atoms with E-state index >= 15 is 0 Å². The van der Waals surface area contributed by atoms with E-state index in [1.165, 1.54) is 0 Å². The van der Waals surface area contributed by atoms with Gasteiger partial charge in [0.15, 0.2) is 0 Å². The number of carbonyl (C=O) groups excluding carboxylic acids is 2. The standard InChI is InChI=1S/C21H26N6O3/c1-13(2)16(23-20(29)30-21(3,4)5)17(28)24-18-25-19-22-12-11-15(27(19)26-18)14-9-7-6-8-10-14/h6-13,16H,1-5H3,(H,23,29)(H,24,26,28). The Morgan fingerprint density at radius 1 is 1.10 bits per heavy atom. The Morgan fingerprint density at radius 2 is 1.80 bits per heavy atom. The van der Waals surface area contributed by atoms with Crippen LogP contribution < -0.4 is 10.6 Å². The van der Waals surface area contributed by atoms with Crippen molar-refractivity contribution in [2.24, 2.45) is 5.92 Å². The topological polar surface area (TPSA) is 111 Å². The lowest BCUT2D eigenvalue weighted by atomic mass is 10.0. The fourth-order valence-electron chi connectivity index (χ4n) is 2.83. The third-order valence-corrected chi connectivity index (χ3v) is 4.17. The van der Waals surface area contributed by atoms with E-state index in [0.717, 1.165) is 11.3 Å². The van der Waals surface area contributed by atoms with Gasteiger partial charge >= 0.3 is 6.09 Å². The number of ether oxygens (including phenoxy) is 1. The summed E-state index contributed by atoms with van der Waals surface area (Å²) in [6, 6.07) is 10.7. The Kier molecular flexibility index (Phi) is 6.00. The number of nitrogens with zero attached hydrogens (tertiary/aromatic N) is 4. The van der Waals surface area contributed by atoms with Crippen LogP contribution >= 0.6 is 0 Å². The maximum absolute atomic E-state index is 12.8. The summed E-state index contributed by atoms with van der Waals surface area (Å²) in [7, 11) is 0. The van der Waals surface area contributed by atoms with Crippen molar-refractivity contribution in [3.63, 3.8) is 0 Å². The van der Waals surface area contributed by atoms with Crippen LogP contribution in [0.15, 0.2) is 42.6 Å². The fraction of sp³-hybridized carbons (Fsp3) is 0.381. The molecule has 0 bridgehead atoms. The van der Waals surface area contributed by atoms with Crippen molar-refractivity contribution < 1.29 is 14.3 Å². The van der Waals surface area contributed by atoms with E-state index in [2.05, 4.69) is 25.7 Å². The van der Waals surface area contributed by atoms with Gasteiger partial charge in [0.05, 0.1) is 5.69 Å². The lowest BCUT2D eigenvalue weighted by molar-refractivity contribution is -0.119. The first kappa shape index (κ1) is 21.2. The molecule has 1 atom stereocenters. The number of rotatable bonds is 5. The summed E-state index contributed by atoms with van der Waals surface area (Å²) in [6.07, 6.45) is 0.978. The van der Waals surface area contributed by atoms with E-state index in [-0.39, 0.29) is 11.9 Å². The molecule has 0 aliphatic carbocycles. The van der Waals surface area contributed by atoms with Crippen LogP contribution in [-0.2, 0) is 9.53 Å². The molecule has 30 heavy (non-hydrogen) atoms. The molecule has 0 saturated heterocycles. The molecule has 158 valence electrons. The fourth-order valence-corrected chi connectivity index (χ4v) is 2.83. The number of alkyl carbamates (subject to hydrolysis) is 1. The van der Waals surface area contributed by atoms with Gasteiger partial charge in [0, 0.05) is 11.8 Å². The van der Waals surface area contributed by atoms with E-state index < -0.39 is 23.6 Å². The summed E-state index contributed by atoms with van der Waals surface area (Å²) in [6.45, 7) is 8.93. The molecule has 3 aromatic rings. The highest BCUT2D eigenvalue weighted by Gasteiger charge is 2.28. The molecule has 0 aliphatic rings. The van der Waals surface area contributed by atoms with Crippen molar-refractivity contribution in [1.29, 1.82) is 0 Å². The van der Waals surface area contributed by atoms with Gasteiger partial charge in [0.2, 0.25) is 5.91 Å². The number of nitrogens with one attached hydrogen (secondary N) is 2. The number of benzene rings is 1. The van der Waals surface area contributed by atoms with Crippen molar-refractivity contribution in [2.45, 2.75) is 46.3 Å². The van der Waals surface area contributed by atoms with Crippen molar-refractivity contribution in [2.75, 3.05) is 5.32 Å². The van der Waals surface area contributed by atoms with Crippen LogP contribution in [-0.4, -0.2) is 43.2 Å². The van der Waals surface area contributed by atoms with Gasteiger partial charge in [0.25, 0.3) is 11.7 Å². The van der Waals surface area contributed by atoms with Gasteiger partial charge in [-0.15, -0.1) is 5.10 Å². The largest absolute Gasteiger partial charge is 0.444 e. The minimum absolute atomic E-state index is 0.104. The quantitative estimate of drug-likeness (QED) is 0.668. The molecule has 1 aromatic carbocycles. The minimum atomic E-state index is -0.812. The first-order chi connectivity index (χ1) is 14.1. The zero-order valence-corrected chi connectivity index (χ0v) is 17.7. The summed E-state index contributed by atoms with van der Waals surface area (Å²) >= 11 is 0. The molecule has 9 heteroatoms. The SMILES string of the molecule is CC(C)C(NC(=O)OC(C)(C)C)C(=O)Nc1nc2nccc(-c3ccccc3)n2n1. The Hall–Kier alpha value is -3.49. The van der Waals surface area contributed by atoms with Gasteiger partial charge in [-0.25, -0.2) is 9.78 Å². The Morgan fingerprint density at radius 3 is 2.43 bits per heavy atom. The Bertz CT molecular complexity index is 1040. The van der Waals surface area contributed by atoms with Crippen molar-refractivity contribution in [3.05, 3.63) is 42.6 Å². The van der Waals surface area contributed by atoms with Crippen LogP contribution in [0.4, 0.5) is 10.7 Å². The van der Waals surface area contributed by atoms with Crippen LogP contribution in [0.3, 0.4) is 0 Å². The minimum Gasteiger partial charge on any atom is -0.444 e. The summed E-state index contributed by atoms with van der Waals surface area (Å²) < 4.78 is 6.82. The number of amides is 2. The molecule has 3 rings (SSSR count). The number of aromatic nitrogens is 4. The first-order valence-electron chi connectivity index (χ1n) is 9.71. The summed E-state index contributed by atoms with van der Waals surface area (Å²) in [5.74, 6) is -0.152. The number of anilines is 1. The lowest BCUT2D eigenvalue weighted by Gasteiger charge is -2.24. The number of hydrogen-bond acceptors (Lipinski definition) is 6. The second-order valence-corrected chi connectivity index (χ2v) is 8.20. The predicted molar refractivity (Wildman–Crippen MR) is 113 cm³/mol. The van der Waals surface area contributed by atoms with Crippen LogP contribution in [0.25, 0.3) is 17.0 Å². The highest BCUT2D eigenvalue weighted by Crippen LogP contribution is 2.19. The van der Waals surface area contributed by atoms with Crippen molar-refractivity contribution in [1.82, 2.24) is 24.9 Å². The van der Waals surface area contributed by atoms with Gasteiger partial charge in [-0.2, -0.15) is 9.50 Å². The monoisotopic (exact) mass is 410 g/mol. The summed E-state index contributed by atoms with van der Waals surface area (Å²) in [5.41, 5.74) is 1.07. The summed E-state index contributed by atoms with van der Waals surface area (Å²) in [5, 5.41) is 9.66. The Labute approximate surface area is 174 Å². The van der Waals surface area contributed by atoms with Gasteiger partial charge in [-0.05, 0) is 32.8 Å². The zero-order chi connectivity index (χ0) is 21.9. The second-order valence-electron chi connectivity index (χ2n) is 8.20. The molecule has 2 heterocycles. The van der Waals surface area contributed by atoms with Gasteiger partial charge in [-0.3, -0.25) is 10.1 Å². The van der Waals surface area contributed by atoms with Gasteiger partial charge in [0.1, 0.15) is 11.6 Å². The van der Waals surface area contributed by atoms with E-state index in [1.54, 1.807) is 31.5 Å². The van der Waals surface area contributed by atoms with E-state index in [4.69, 9.17) is 4.74 Å². The van der Waals surface area contributed by atoms with Crippen molar-refractivity contribution >= 4 is 23.7 Å². The molecule has 0 aliphatic heterocycles. The molecule has 2 aromatic heterocycles. The molecule has 2 N–H and O–H groups in total. The smallest absolute Gasteiger partial charge is 0.408 e. The van der Waals surface area contributed by atoms with Crippen LogP contribution in [0, 0.1) is 5.92 Å². The zero-order valence-electron chi connectivity index (χ0n) is 17.7. The van der Waals surface area contributed by atoms with Crippen LogP contribution in [0.1, 0.15) is 34.6 Å². The third-order valence-electron chi connectivity index (χ3n) is 4.17. The maximum Gasteiger partial charge on any atom is 0.408 e. The second kappa shape index (κ2) is 8.48. The number of fused-ring (bicyclic) bond motifs is 1. The summed E-state index contributed by atoms with van der Waals surface area (Å²) in [4.78, 5) is 33.4. The van der Waals surface area contributed by atoms with Crippen LogP contribution in [0.5, 0.6) is 0 Å². The average molecular weight is 410 g/mol. The van der Waals surface area contributed by atoms with Gasteiger partial charge < -0.3 is 10.1 Å². The number of carbonyl (C=O) groups is 2. The molecule has 1 unspecified atom stereocenters. The normalized spacial score (nSPS) is 12.6. The lowest BCUT2D eigenvalue weighted by Crippen LogP contribution is -2.48. The van der Waals surface area contributed by atoms with Gasteiger partial charge in [-0.1, -0.05) is 44.2 Å². The average Bonchev–Trinajstić information content (AvgIpc) is 3.07. The molecular formula is C21H26N6O3. The molecule has 0 radical (unpaired) electrons. The highest BCUT2D eigenvalue weighted by molar-refractivity contribution is 5.95. The molecular weight excluding hydrogens is 384 g/mol. The third kappa shape index (κ3) is 5.11. The van der Waals surface area contributed by atoms with Crippen molar-refractivity contribution in [3.8, 4) is 11.3 Å². The molecule has 0 spiro atoms. The highest BCUT2D eigenvalue weighted by atomic mass is 16.6. The predicted octanol–water partition coefficient (Wildman–Crippen LogP) is 3.28. The molecule has 2 amide bonds.